The average molecular weight is 365 g/mol. The number of benzene rings is 2. The summed E-state index contributed by atoms with van der Waals surface area (Å²) >= 11 is 0. The molecule has 5 heteroatoms. The summed E-state index contributed by atoms with van der Waals surface area (Å²) in [4.78, 5) is 29.2. The zero-order valence-corrected chi connectivity index (χ0v) is 16.2. The number of nitrogens with zero attached hydrogens (tertiary/aromatic N) is 2. The number of hydrogen-bond acceptors (Lipinski definition) is 3. The lowest BCUT2D eigenvalue weighted by molar-refractivity contribution is -0.141. The number of amides is 2. The zero-order valence-electron chi connectivity index (χ0n) is 16.2. The van der Waals surface area contributed by atoms with E-state index in [-0.39, 0.29) is 11.8 Å². The molecule has 0 saturated carbocycles. The van der Waals surface area contributed by atoms with Crippen LogP contribution >= 0.6 is 0 Å². The second kappa shape index (κ2) is 7.82. The molecule has 0 aliphatic carbocycles. The first kappa shape index (κ1) is 19.0. The molecule has 27 heavy (non-hydrogen) atoms. The molecule has 1 N–H and O–H groups in total. The van der Waals surface area contributed by atoms with Gasteiger partial charge in [0.25, 0.3) is 0 Å². The Hall–Kier alpha value is -2.82. The van der Waals surface area contributed by atoms with Crippen LogP contribution in [-0.2, 0) is 22.7 Å². The number of anilines is 1. The first-order valence-electron chi connectivity index (χ1n) is 9.29. The van der Waals surface area contributed by atoms with Crippen molar-refractivity contribution in [3.63, 3.8) is 0 Å². The average Bonchev–Trinajstić information content (AvgIpc) is 2.97. The minimum Gasteiger partial charge on any atom is -0.378 e. The lowest BCUT2D eigenvalue weighted by atomic mass is 9.97. The van der Waals surface area contributed by atoms with Crippen LogP contribution in [0.1, 0.15) is 30.9 Å². The Balaban J connectivity index is 1.70. The van der Waals surface area contributed by atoms with Crippen molar-refractivity contribution in [1.82, 2.24) is 10.2 Å². The smallest absolute Gasteiger partial charge is 0.245 e. The molecule has 3 rings (SSSR count). The van der Waals surface area contributed by atoms with Gasteiger partial charge < -0.3 is 15.1 Å². The molecule has 142 valence electrons. The van der Waals surface area contributed by atoms with E-state index in [1.54, 1.807) is 4.90 Å². The number of carbonyl (C=O) groups is 2. The Bertz CT molecular complexity index is 802. The Labute approximate surface area is 161 Å². The van der Waals surface area contributed by atoms with Crippen molar-refractivity contribution in [2.45, 2.75) is 38.4 Å². The molecule has 0 aromatic heterocycles. The molecule has 1 saturated heterocycles. The van der Waals surface area contributed by atoms with Crippen LogP contribution in [0, 0.1) is 0 Å². The van der Waals surface area contributed by atoms with Crippen LogP contribution in [-0.4, -0.2) is 36.3 Å². The molecule has 0 spiro atoms. The fourth-order valence-electron chi connectivity index (χ4n) is 3.44. The fraction of sp³-hybridized carbons (Fsp3) is 0.364. The van der Waals surface area contributed by atoms with Crippen molar-refractivity contribution in [2.75, 3.05) is 19.0 Å². The van der Waals surface area contributed by atoms with Crippen LogP contribution in [0.25, 0.3) is 0 Å². The van der Waals surface area contributed by atoms with Crippen molar-refractivity contribution >= 4 is 17.5 Å². The largest absolute Gasteiger partial charge is 0.378 e. The molecule has 1 aliphatic rings. The van der Waals surface area contributed by atoms with Gasteiger partial charge in [0, 0.05) is 39.3 Å². The molecule has 1 atom stereocenters. The van der Waals surface area contributed by atoms with Gasteiger partial charge in [0.15, 0.2) is 0 Å². The first-order chi connectivity index (χ1) is 12.9. The van der Waals surface area contributed by atoms with Gasteiger partial charge in [0.2, 0.25) is 11.8 Å². The molecule has 0 bridgehead atoms. The van der Waals surface area contributed by atoms with Gasteiger partial charge in [-0.1, -0.05) is 42.5 Å². The lowest BCUT2D eigenvalue weighted by Gasteiger charge is -2.34. The molecule has 5 nitrogen and oxygen atoms in total. The van der Waals surface area contributed by atoms with Gasteiger partial charge in [-0.3, -0.25) is 9.59 Å². The van der Waals surface area contributed by atoms with Crippen molar-refractivity contribution in [2.24, 2.45) is 0 Å². The summed E-state index contributed by atoms with van der Waals surface area (Å²) in [5, 5.41) is 3.00. The van der Waals surface area contributed by atoms with Crippen LogP contribution in [0.15, 0.2) is 54.6 Å². The summed E-state index contributed by atoms with van der Waals surface area (Å²) in [6.07, 6.45) is 0.952. The van der Waals surface area contributed by atoms with Gasteiger partial charge in [-0.25, -0.2) is 0 Å². The van der Waals surface area contributed by atoms with Crippen molar-refractivity contribution in [3.8, 4) is 0 Å². The summed E-state index contributed by atoms with van der Waals surface area (Å²) in [6.45, 7) is 2.78. The molecule has 1 aliphatic heterocycles. The van der Waals surface area contributed by atoms with Gasteiger partial charge in [-0.15, -0.1) is 0 Å². The van der Waals surface area contributed by atoms with Gasteiger partial charge in [0.05, 0.1) is 0 Å². The van der Waals surface area contributed by atoms with E-state index in [2.05, 4.69) is 5.32 Å². The van der Waals surface area contributed by atoms with Crippen molar-refractivity contribution in [1.29, 1.82) is 0 Å². The van der Waals surface area contributed by atoms with E-state index in [9.17, 15) is 9.59 Å². The minimum absolute atomic E-state index is 0.0315. The van der Waals surface area contributed by atoms with Gasteiger partial charge in [-0.05, 0) is 36.6 Å². The van der Waals surface area contributed by atoms with Crippen molar-refractivity contribution in [3.05, 3.63) is 65.7 Å². The normalized spacial score (nSPS) is 19.2. The van der Waals surface area contributed by atoms with Crippen LogP contribution in [0.3, 0.4) is 0 Å². The Kier molecular flexibility index (Phi) is 5.49. The standard InChI is InChI=1S/C22H27N3O2/c1-22(21(27)23-15-17-7-5-4-6-8-17)14-13-20(26)25(22)16-18-9-11-19(12-10-18)24(2)3/h4-12H,13-16H2,1-3H3,(H,23,27). The number of hydrogen-bond donors (Lipinski definition) is 1. The third kappa shape index (κ3) is 4.13. The van der Waals surface area contributed by atoms with Crippen LogP contribution in [0.2, 0.25) is 0 Å². The molecule has 2 aromatic carbocycles. The molecule has 1 heterocycles. The summed E-state index contributed by atoms with van der Waals surface area (Å²) in [7, 11) is 3.99. The quantitative estimate of drug-likeness (QED) is 0.856. The SMILES string of the molecule is CN(C)c1ccc(CN2C(=O)CCC2(C)C(=O)NCc2ccccc2)cc1. The van der Waals surface area contributed by atoms with Gasteiger partial charge >= 0.3 is 0 Å². The highest BCUT2D eigenvalue weighted by Gasteiger charge is 2.46. The molecular weight excluding hydrogens is 338 g/mol. The van der Waals surface area contributed by atoms with Gasteiger partial charge in [-0.2, -0.15) is 0 Å². The third-order valence-electron chi connectivity index (χ3n) is 5.30. The summed E-state index contributed by atoms with van der Waals surface area (Å²) < 4.78 is 0. The van der Waals surface area contributed by atoms with Gasteiger partial charge in [0.1, 0.15) is 5.54 Å². The first-order valence-corrected chi connectivity index (χ1v) is 9.29. The highest BCUT2D eigenvalue weighted by atomic mass is 16.2. The predicted octanol–water partition coefficient (Wildman–Crippen LogP) is 2.95. The summed E-state index contributed by atoms with van der Waals surface area (Å²) in [5.74, 6) is -0.0637. The van der Waals surface area contributed by atoms with E-state index in [4.69, 9.17) is 0 Å². The summed E-state index contributed by atoms with van der Waals surface area (Å²) in [6, 6.07) is 17.9. The third-order valence-corrected chi connectivity index (χ3v) is 5.30. The second-order valence-corrected chi connectivity index (χ2v) is 7.48. The monoisotopic (exact) mass is 365 g/mol. The molecule has 1 unspecified atom stereocenters. The minimum atomic E-state index is -0.813. The van der Waals surface area contributed by atoms with E-state index in [1.165, 1.54) is 0 Å². The summed E-state index contributed by atoms with van der Waals surface area (Å²) in [5.41, 5.74) is 2.36. The second-order valence-electron chi connectivity index (χ2n) is 7.48. The molecule has 0 radical (unpaired) electrons. The lowest BCUT2D eigenvalue weighted by Crippen LogP contribution is -2.53. The molecular formula is C22H27N3O2. The Morgan fingerprint density at radius 3 is 2.37 bits per heavy atom. The maximum atomic E-state index is 12.9. The van der Waals surface area contributed by atoms with Crippen molar-refractivity contribution < 1.29 is 9.59 Å². The predicted molar refractivity (Wildman–Crippen MR) is 107 cm³/mol. The Morgan fingerprint density at radius 2 is 1.74 bits per heavy atom. The highest BCUT2D eigenvalue weighted by molar-refractivity contribution is 5.94. The molecule has 1 fully saturated rings. The van der Waals surface area contributed by atoms with Crippen LogP contribution in [0.5, 0.6) is 0 Å². The molecule has 2 aromatic rings. The number of carbonyl (C=O) groups excluding carboxylic acids is 2. The maximum Gasteiger partial charge on any atom is 0.245 e. The van der Waals surface area contributed by atoms with E-state index in [0.717, 1.165) is 16.8 Å². The topological polar surface area (TPSA) is 52.7 Å². The Morgan fingerprint density at radius 1 is 1.07 bits per heavy atom. The number of nitrogens with one attached hydrogen (secondary N) is 1. The maximum absolute atomic E-state index is 12.9. The van der Waals surface area contributed by atoms with E-state index in [0.29, 0.717) is 25.9 Å². The van der Waals surface area contributed by atoms with E-state index < -0.39 is 5.54 Å². The van der Waals surface area contributed by atoms with E-state index in [1.807, 2.05) is 80.5 Å². The highest BCUT2D eigenvalue weighted by Crippen LogP contribution is 2.32. The van der Waals surface area contributed by atoms with Crippen LogP contribution < -0.4 is 10.2 Å². The number of rotatable bonds is 6. The fourth-order valence-corrected chi connectivity index (χ4v) is 3.44. The molecule has 2 amide bonds. The zero-order chi connectivity index (χ0) is 19.4. The van der Waals surface area contributed by atoms with E-state index >= 15 is 0 Å². The number of likely N-dealkylation sites (tertiary alicyclic amines) is 1. The van der Waals surface area contributed by atoms with Crippen LogP contribution in [0.4, 0.5) is 5.69 Å².